The predicted molar refractivity (Wildman–Crippen MR) is 85.2 cm³/mol. The van der Waals surface area contributed by atoms with Crippen LogP contribution in [0.4, 0.5) is 0 Å². The molecule has 1 heterocycles. The molecular weight excluding hydrogens is 270 g/mol. The van der Waals surface area contributed by atoms with Crippen LogP contribution in [0.5, 0.6) is 0 Å². The highest BCUT2D eigenvalue weighted by Gasteiger charge is 2.26. The number of ether oxygens (including phenoxy) is 1. The first-order valence-electron chi connectivity index (χ1n) is 7.73. The summed E-state index contributed by atoms with van der Waals surface area (Å²) in [5, 5.41) is 4.61. The molecule has 1 N–H and O–H groups in total. The van der Waals surface area contributed by atoms with Crippen molar-refractivity contribution in [1.29, 1.82) is 0 Å². The number of hydrogen-bond donors (Lipinski definition) is 1. The predicted octanol–water partition coefficient (Wildman–Crippen LogP) is 4.58. The van der Waals surface area contributed by atoms with E-state index in [4.69, 9.17) is 16.3 Å². The van der Waals surface area contributed by atoms with Crippen LogP contribution in [-0.4, -0.2) is 18.8 Å². The summed E-state index contributed by atoms with van der Waals surface area (Å²) in [6.07, 6.45) is 3.66. The Balaban J connectivity index is 1.99. The van der Waals surface area contributed by atoms with Crippen molar-refractivity contribution in [2.45, 2.75) is 58.2 Å². The van der Waals surface area contributed by atoms with Crippen molar-refractivity contribution in [3.63, 3.8) is 0 Å². The highest BCUT2D eigenvalue weighted by Crippen LogP contribution is 2.25. The van der Waals surface area contributed by atoms with Crippen molar-refractivity contribution in [1.82, 2.24) is 5.32 Å². The summed E-state index contributed by atoms with van der Waals surface area (Å²) in [5.74, 6) is 0.589. The Morgan fingerprint density at radius 3 is 2.85 bits per heavy atom. The summed E-state index contributed by atoms with van der Waals surface area (Å²) in [6, 6.07) is 9.11. The van der Waals surface area contributed by atoms with Crippen molar-refractivity contribution >= 4 is 11.6 Å². The van der Waals surface area contributed by atoms with E-state index >= 15 is 0 Å². The molecule has 1 aliphatic heterocycles. The van der Waals surface area contributed by atoms with Crippen molar-refractivity contribution in [3.8, 4) is 0 Å². The molecule has 0 radical (unpaired) electrons. The minimum absolute atomic E-state index is 0.379. The normalized spacial score (nSPS) is 24.9. The molecule has 1 aromatic carbocycles. The Labute approximate surface area is 127 Å². The largest absolute Gasteiger partial charge is 0.378 e. The number of hydrogen-bond acceptors (Lipinski definition) is 2. The molecule has 1 aliphatic rings. The Morgan fingerprint density at radius 2 is 2.20 bits per heavy atom. The molecule has 0 spiro atoms. The third-order valence-corrected chi connectivity index (χ3v) is 4.39. The average Bonchev–Trinajstić information content (AvgIpc) is 2.45. The van der Waals surface area contributed by atoms with Gasteiger partial charge >= 0.3 is 0 Å². The molecule has 0 aromatic heterocycles. The molecule has 2 rings (SSSR count). The van der Waals surface area contributed by atoms with E-state index in [2.05, 4.69) is 38.2 Å². The number of nitrogens with one attached hydrogen (secondary N) is 1. The second-order valence-corrected chi connectivity index (χ2v) is 6.49. The van der Waals surface area contributed by atoms with Crippen LogP contribution in [0.2, 0.25) is 5.02 Å². The minimum atomic E-state index is 0.379. The highest BCUT2D eigenvalue weighted by atomic mass is 35.5. The third-order valence-electron chi connectivity index (χ3n) is 4.15. The molecule has 3 unspecified atom stereocenters. The van der Waals surface area contributed by atoms with E-state index in [-0.39, 0.29) is 0 Å². The van der Waals surface area contributed by atoms with Gasteiger partial charge in [0, 0.05) is 23.7 Å². The topological polar surface area (TPSA) is 21.3 Å². The second kappa shape index (κ2) is 7.44. The summed E-state index contributed by atoms with van der Waals surface area (Å²) >= 11 is 6.11. The van der Waals surface area contributed by atoms with Gasteiger partial charge in [0.2, 0.25) is 0 Å². The Morgan fingerprint density at radius 1 is 1.40 bits per heavy atom. The van der Waals surface area contributed by atoms with Gasteiger partial charge in [-0.1, -0.05) is 44.5 Å². The molecule has 2 nitrogen and oxygen atoms in total. The maximum absolute atomic E-state index is 6.11. The molecule has 20 heavy (non-hydrogen) atoms. The Hall–Kier alpha value is -0.570. The van der Waals surface area contributed by atoms with E-state index in [1.807, 2.05) is 12.1 Å². The van der Waals surface area contributed by atoms with Gasteiger partial charge < -0.3 is 10.1 Å². The maximum atomic E-state index is 6.11. The fraction of sp³-hybridized carbons (Fsp3) is 0.647. The lowest BCUT2D eigenvalue weighted by molar-refractivity contribution is -0.0260. The zero-order valence-electron chi connectivity index (χ0n) is 12.7. The van der Waals surface area contributed by atoms with Gasteiger partial charge in [-0.2, -0.15) is 0 Å². The molecule has 112 valence electrons. The summed E-state index contributed by atoms with van der Waals surface area (Å²) < 4.78 is 5.85. The molecule has 0 saturated carbocycles. The lowest BCUT2D eigenvalue weighted by atomic mass is 9.93. The standard InChI is InChI=1S/C17H26ClNO/c1-4-16(13-6-5-7-14(18)10-13)19-15-8-9-20-17(11-15)12(2)3/h5-7,10,12,15-17,19H,4,8-9,11H2,1-3H3. The summed E-state index contributed by atoms with van der Waals surface area (Å²) in [7, 11) is 0. The first-order chi connectivity index (χ1) is 9.60. The third kappa shape index (κ3) is 4.21. The van der Waals surface area contributed by atoms with Crippen LogP contribution in [0.1, 0.15) is 51.6 Å². The van der Waals surface area contributed by atoms with Gasteiger partial charge in [0.05, 0.1) is 6.10 Å². The smallest absolute Gasteiger partial charge is 0.0612 e. The lowest BCUT2D eigenvalue weighted by Gasteiger charge is -2.34. The van der Waals surface area contributed by atoms with Crippen molar-refractivity contribution in [2.24, 2.45) is 5.92 Å². The molecular formula is C17H26ClNO. The van der Waals surface area contributed by atoms with Crippen LogP contribution < -0.4 is 5.32 Å². The van der Waals surface area contributed by atoms with E-state index in [1.54, 1.807) is 0 Å². The SMILES string of the molecule is CCC(NC1CCOC(C(C)C)C1)c1cccc(Cl)c1. The van der Waals surface area contributed by atoms with Crippen LogP contribution in [0.25, 0.3) is 0 Å². The number of benzene rings is 1. The maximum Gasteiger partial charge on any atom is 0.0612 e. The first kappa shape index (κ1) is 15.8. The highest BCUT2D eigenvalue weighted by molar-refractivity contribution is 6.30. The summed E-state index contributed by atoms with van der Waals surface area (Å²) in [5.41, 5.74) is 1.28. The Bertz CT molecular complexity index is 421. The molecule has 3 atom stereocenters. The van der Waals surface area contributed by atoms with Gasteiger partial charge in [-0.15, -0.1) is 0 Å². The first-order valence-corrected chi connectivity index (χ1v) is 8.11. The van der Waals surface area contributed by atoms with Gasteiger partial charge in [0.25, 0.3) is 0 Å². The van der Waals surface area contributed by atoms with Gasteiger partial charge in [-0.05, 0) is 42.9 Å². The molecule has 1 saturated heterocycles. The van der Waals surface area contributed by atoms with Crippen LogP contribution in [0, 0.1) is 5.92 Å². The van der Waals surface area contributed by atoms with Gasteiger partial charge in [0.1, 0.15) is 0 Å². The summed E-state index contributed by atoms with van der Waals surface area (Å²) in [6.45, 7) is 7.56. The molecule has 1 aromatic rings. The molecule has 0 amide bonds. The quantitative estimate of drug-likeness (QED) is 0.858. The number of rotatable bonds is 5. The second-order valence-electron chi connectivity index (χ2n) is 6.06. The van der Waals surface area contributed by atoms with Gasteiger partial charge in [0.15, 0.2) is 0 Å². The summed E-state index contributed by atoms with van der Waals surface area (Å²) in [4.78, 5) is 0. The van der Waals surface area contributed by atoms with Crippen LogP contribution in [-0.2, 0) is 4.74 Å². The van der Waals surface area contributed by atoms with Crippen molar-refractivity contribution in [3.05, 3.63) is 34.9 Å². The fourth-order valence-electron chi connectivity index (χ4n) is 2.90. The lowest BCUT2D eigenvalue weighted by Crippen LogP contribution is -2.42. The molecule has 1 fully saturated rings. The van der Waals surface area contributed by atoms with Crippen LogP contribution >= 0.6 is 11.6 Å². The van der Waals surface area contributed by atoms with E-state index in [0.717, 1.165) is 30.9 Å². The fourth-order valence-corrected chi connectivity index (χ4v) is 3.10. The molecule has 3 heteroatoms. The van der Waals surface area contributed by atoms with Crippen LogP contribution in [0.15, 0.2) is 24.3 Å². The van der Waals surface area contributed by atoms with E-state index in [0.29, 0.717) is 24.1 Å². The minimum Gasteiger partial charge on any atom is -0.378 e. The molecule has 0 bridgehead atoms. The zero-order chi connectivity index (χ0) is 14.5. The monoisotopic (exact) mass is 295 g/mol. The average molecular weight is 296 g/mol. The van der Waals surface area contributed by atoms with E-state index < -0.39 is 0 Å². The van der Waals surface area contributed by atoms with Gasteiger partial charge in [-0.25, -0.2) is 0 Å². The number of halogens is 1. The van der Waals surface area contributed by atoms with Crippen molar-refractivity contribution < 1.29 is 4.74 Å². The Kier molecular flexibility index (Phi) is 5.88. The van der Waals surface area contributed by atoms with E-state index in [1.165, 1.54) is 5.56 Å². The zero-order valence-corrected chi connectivity index (χ0v) is 13.5. The van der Waals surface area contributed by atoms with Crippen molar-refractivity contribution in [2.75, 3.05) is 6.61 Å². The van der Waals surface area contributed by atoms with Crippen LogP contribution in [0.3, 0.4) is 0 Å². The van der Waals surface area contributed by atoms with E-state index in [9.17, 15) is 0 Å². The van der Waals surface area contributed by atoms with Gasteiger partial charge in [-0.3, -0.25) is 0 Å². The molecule has 0 aliphatic carbocycles.